The van der Waals surface area contributed by atoms with E-state index in [9.17, 15) is 4.79 Å². The van der Waals surface area contributed by atoms with Crippen LogP contribution in [0.25, 0.3) is 0 Å². The number of ether oxygens (including phenoxy) is 1. The highest BCUT2D eigenvalue weighted by Gasteiger charge is 2.37. The minimum atomic E-state index is -0.407. The number of hydrogen-bond acceptors (Lipinski definition) is 6. The molecule has 0 aliphatic heterocycles. The van der Waals surface area contributed by atoms with E-state index in [4.69, 9.17) is 9.26 Å². The molecular formula is C13H21N3O3. The van der Waals surface area contributed by atoms with Gasteiger partial charge in [-0.1, -0.05) is 18.0 Å². The van der Waals surface area contributed by atoms with Crippen molar-refractivity contribution in [3.05, 3.63) is 11.7 Å². The van der Waals surface area contributed by atoms with Gasteiger partial charge in [0.05, 0.1) is 13.7 Å². The summed E-state index contributed by atoms with van der Waals surface area (Å²) in [5.41, 5.74) is 0. The molecule has 106 valence electrons. The summed E-state index contributed by atoms with van der Waals surface area (Å²) in [6, 6.07) is 0. The summed E-state index contributed by atoms with van der Waals surface area (Å²) in [4.78, 5) is 18.3. The Bertz CT molecular complexity index is 425. The quantitative estimate of drug-likeness (QED) is 0.754. The zero-order valence-electron chi connectivity index (χ0n) is 11.8. The Morgan fingerprint density at radius 1 is 1.47 bits per heavy atom. The molecule has 1 saturated carbocycles. The third-order valence-corrected chi connectivity index (χ3v) is 3.53. The molecule has 0 amide bonds. The van der Waals surface area contributed by atoms with Gasteiger partial charge in [-0.25, -0.2) is 0 Å². The number of esters is 1. The molecule has 1 unspecified atom stereocenters. The van der Waals surface area contributed by atoms with Crippen molar-refractivity contribution in [1.29, 1.82) is 0 Å². The van der Waals surface area contributed by atoms with E-state index < -0.39 is 5.92 Å². The Morgan fingerprint density at radius 3 is 2.74 bits per heavy atom. The monoisotopic (exact) mass is 267 g/mol. The predicted molar refractivity (Wildman–Crippen MR) is 68.4 cm³/mol. The Balaban J connectivity index is 2.17. The van der Waals surface area contributed by atoms with Gasteiger partial charge in [0.2, 0.25) is 5.89 Å². The van der Waals surface area contributed by atoms with Crippen LogP contribution in [0.1, 0.15) is 43.3 Å². The maximum absolute atomic E-state index is 12.0. The first-order valence-electron chi connectivity index (χ1n) is 6.67. The minimum Gasteiger partial charge on any atom is -0.468 e. The van der Waals surface area contributed by atoms with Crippen molar-refractivity contribution in [2.75, 3.05) is 21.2 Å². The molecule has 1 atom stereocenters. The Morgan fingerprint density at radius 2 is 2.16 bits per heavy atom. The Labute approximate surface area is 113 Å². The highest BCUT2D eigenvalue weighted by atomic mass is 16.5. The first-order chi connectivity index (χ1) is 9.11. The van der Waals surface area contributed by atoms with Gasteiger partial charge in [0, 0.05) is 0 Å². The molecule has 0 radical (unpaired) electrons. The van der Waals surface area contributed by atoms with E-state index in [2.05, 4.69) is 10.1 Å². The average molecular weight is 267 g/mol. The third kappa shape index (κ3) is 3.32. The first kappa shape index (κ1) is 14.0. The van der Waals surface area contributed by atoms with Crippen molar-refractivity contribution in [1.82, 2.24) is 15.0 Å². The van der Waals surface area contributed by atoms with E-state index in [1.165, 1.54) is 7.11 Å². The molecule has 6 heteroatoms. The highest BCUT2D eigenvalue weighted by molar-refractivity contribution is 5.77. The molecule has 1 aromatic rings. The molecule has 1 aromatic heterocycles. The summed E-state index contributed by atoms with van der Waals surface area (Å²) in [5, 5.41) is 3.93. The molecule has 0 aromatic carbocycles. The van der Waals surface area contributed by atoms with Gasteiger partial charge in [0.25, 0.3) is 0 Å². The van der Waals surface area contributed by atoms with E-state index in [0.29, 0.717) is 18.3 Å². The van der Waals surface area contributed by atoms with E-state index in [1.54, 1.807) is 0 Å². The summed E-state index contributed by atoms with van der Waals surface area (Å²) in [6.07, 6.45) is 4.34. The number of nitrogens with zero attached hydrogens (tertiary/aromatic N) is 3. The number of hydrogen-bond donors (Lipinski definition) is 0. The lowest BCUT2D eigenvalue weighted by Gasteiger charge is -2.16. The van der Waals surface area contributed by atoms with Gasteiger partial charge in [-0.3, -0.25) is 4.79 Å². The fourth-order valence-corrected chi connectivity index (χ4v) is 2.65. The number of rotatable bonds is 5. The van der Waals surface area contributed by atoms with Crippen LogP contribution in [0.3, 0.4) is 0 Å². The van der Waals surface area contributed by atoms with Crippen LogP contribution in [0.15, 0.2) is 4.52 Å². The van der Waals surface area contributed by atoms with Gasteiger partial charge in [-0.05, 0) is 32.9 Å². The van der Waals surface area contributed by atoms with Gasteiger partial charge in [0.1, 0.15) is 5.92 Å². The maximum Gasteiger partial charge on any atom is 0.318 e. The summed E-state index contributed by atoms with van der Waals surface area (Å²) in [7, 11) is 5.27. The lowest BCUT2D eigenvalue weighted by molar-refractivity contribution is -0.144. The minimum absolute atomic E-state index is 0.264. The molecule has 1 fully saturated rings. The van der Waals surface area contributed by atoms with Crippen molar-refractivity contribution >= 4 is 5.97 Å². The molecule has 0 bridgehead atoms. The van der Waals surface area contributed by atoms with Crippen LogP contribution in [-0.2, 0) is 16.1 Å². The van der Waals surface area contributed by atoms with Crippen molar-refractivity contribution in [2.45, 2.75) is 38.1 Å². The van der Waals surface area contributed by atoms with E-state index >= 15 is 0 Å². The molecule has 19 heavy (non-hydrogen) atoms. The average Bonchev–Trinajstić information content (AvgIpc) is 3.01. The SMILES string of the molecule is COC(=O)C(c1nc(CN(C)C)no1)C1CCCC1. The second-order valence-corrected chi connectivity index (χ2v) is 5.33. The molecule has 1 aliphatic carbocycles. The zero-order valence-corrected chi connectivity index (χ0v) is 11.8. The summed E-state index contributed by atoms with van der Waals surface area (Å²) < 4.78 is 10.2. The predicted octanol–water partition coefficient (Wildman–Crippen LogP) is 1.58. The molecule has 1 heterocycles. The first-order valence-corrected chi connectivity index (χ1v) is 6.67. The Kier molecular flexibility index (Phi) is 4.52. The van der Waals surface area contributed by atoms with Crippen LogP contribution in [-0.4, -0.2) is 42.2 Å². The van der Waals surface area contributed by atoms with Crippen LogP contribution in [0.5, 0.6) is 0 Å². The van der Waals surface area contributed by atoms with E-state index in [0.717, 1.165) is 25.7 Å². The lowest BCUT2D eigenvalue weighted by atomic mass is 9.91. The summed E-state index contributed by atoms with van der Waals surface area (Å²) in [5.74, 6) is 0.588. The normalized spacial score (nSPS) is 17.9. The summed E-state index contributed by atoms with van der Waals surface area (Å²) >= 11 is 0. The van der Waals surface area contributed by atoms with Gasteiger partial charge >= 0.3 is 5.97 Å². The second-order valence-electron chi connectivity index (χ2n) is 5.33. The van der Waals surface area contributed by atoms with Crippen LogP contribution < -0.4 is 0 Å². The third-order valence-electron chi connectivity index (χ3n) is 3.53. The molecule has 2 rings (SSSR count). The van der Waals surface area contributed by atoms with Crippen LogP contribution >= 0.6 is 0 Å². The van der Waals surface area contributed by atoms with Crippen molar-refractivity contribution < 1.29 is 14.1 Å². The molecule has 0 spiro atoms. The van der Waals surface area contributed by atoms with E-state index in [1.807, 2.05) is 19.0 Å². The van der Waals surface area contributed by atoms with Crippen LogP contribution in [0, 0.1) is 5.92 Å². The number of aromatic nitrogens is 2. The molecule has 0 N–H and O–H groups in total. The van der Waals surface area contributed by atoms with Crippen molar-refractivity contribution in [2.24, 2.45) is 5.92 Å². The maximum atomic E-state index is 12.0. The Hall–Kier alpha value is -1.43. The fourth-order valence-electron chi connectivity index (χ4n) is 2.65. The molecule has 1 aliphatic rings. The van der Waals surface area contributed by atoms with Gasteiger partial charge in [-0.2, -0.15) is 4.98 Å². The second kappa shape index (κ2) is 6.14. The topological polar surface area (TPSA) is 68.5 Å². The van der Waals surface area contributed by atoms with Crippen molar-refractivity contribution in [3.63, 3.8) is 0 Å². The standard InChI is InChI=1S/C13H21N3O3/c1-16(2)8-10-14-12(19-15-10)11(13(17)18-3)9-6-4-5-7-9/h9,11H,4-8H2,1-3H3. The molecule has 6 nitrogen and oxygen atoms in total. The largest absolute Gasteiger partial charge is 0.468 e. The fraction of sp³-hybridized carbons (Fsp3) is 0.769. The smallest absolute Gasteiger partial charge is 0.318 e. The van der Waals surface area contributed by atoms with Gasteiger partial charge in [0.15, 0.2) is 5.82 Å². The molecule has 0 saturated heterocycles. The zero-order chi connectivity index (χ0) is 13.8. The number of carbonyl (C=O) groups is 1. The highest BCUT2D eigenvalue weighted by Crippen LogP contribution is 2.37. The molecular weight excluding hydrogens is 246 g/mol. The van der Waals surface area contributed by atoms with Crippen LogP contribution in [0.4, 0.5) is 0 Å². The van der Waals surface area contributed by atoms with Crippen LogP contribution in [0.2, 0.25) is 0 Å². The van der Waals surface area contributed by atoms with E-state index in [-0.39, 0.29) is 11.9 Å². The summed E-state index contributed by atoms with van der Waals surface area (Å²) in [6.45, 7) is 0.599. The lowest BCUT2D eigenvalue weighted by Crippen LogP contribution is -2.22. The van der Waals surface area contributed by atoms with Gasteiger partial charge < -0.3 is 14.2 Å². The number of carbonyl (C=O) groups excluding carboxylic acids is 1. The number of methoxy groups -OCH3 is 1. The van der Waals surface area contributed by atoms with Gasteiger partial charge in [-0.15, -0.1) is 0 Å². The van der Waals surface area contributed by atoms with Crippen molar-refractivity contribution in [3.8, 4) is 0 Å².